The Morgan fingerprint density at radius 1 is 1.35 bits per heavy atom. The SMILES string of the molecule is Clc1ncc(Cl)c(NCCCn2ccnc2)n1. The van der Waals surface area contributed by atoms with Gasteiger partial charge in [-0.15, -0.1) is 0 Å². The number of nitrogens with zero attached hydrogens (tertiary/aromatic N) is 4. The standard InChI is InChI=1S/C10H11Cl2N5/c11-8-6-15-10(12)16-9(8)14-2-1-4-17-5-3-13-7-17/h3,5-7H,1-2,4H2,(H,14,15,16). The zero-order valence-corrected chi connectivity index (χ0v) is 10.5. The average Bonchev–Trinajstić information content (AvgIpc) is 2.82. The van der Waals surface area contributed by atoms with Crippen LogP contribution >= 0.6 is 23.2 Å². The Bertz CT molecular complexity index is 472. The Hall–Kier alpha value is -1.33. The lowest BCUT2D eigenvalue weighted by molar-refractivity contribution is 0.660. The molecule has 0 fully saturated rings. The van der Waals surface area contributed by atoms with Crippen molar-refractivity contribution in [3.8, 4) is 0 Å². The number of imidazole rings is 1. The first kappa shape index (κ1) is 12.1. The van der Waals surface area contributed by atoms with Gasteiger partial charge in [0.05, 0.1) is 12.5 Å². The van der Waals surface area contributed by atoms with Crippen LogP contribution in [0.2, 0.25) is 10.3 Å². The maximum absolute atomic E-state index is 5.91. The topological polar surface area (TPSA) is 55.6 Å². The molecule has 2 aromatic heterocycles. The molecule has 5 nitrogen and oxygen atoms in total. The number of aromatic nitrogens is 4. The van der Waals surface area contributed by atoms with Gasteiger partial charge in [-0.3, -0.25) is 0 Å². The number of hydrogen-bond acceptors (Lipinski definition) is 4. The molecule has 0 aliphatic carbocycles. The lowest BCUT2D eigenvalue weighted by Gasteiger charge is -2.07. The van der Waals surface area contributed by atoms with Gasteiger partial charge in [0.25, 0.3) is 0 Å². The second-order valence-electron chi connectivity index (χ2n) is 3.42. The van der Waals surface area contributed by atoms with Gasteiger partial charge in [0.2, 0.25) is 5.28 Å². The zero-order chi connectivity index (χ0) is 12.1. The van der Waals surface area contributed by atoms with E-state index >= 15 is 0 Å². The number of hydrogen-bond donors (Lipinski definition) is 1. The highest BCUT2D eigenvalue weighted by Crippen LogP contribution is 2.19. The third-order valence-electron chi connectivity index (χ3n) is 2.16. The molecule has 0 amide bonds. The predicted octanol–water partition coefficient (Wildman–Crippen LogP) is 2.48. The van der Waals surface area contributed by atoms with E-state index in [0.717, 1.165) is 19.5 Å². The predicted molar refractivity (Wildman–Crippen MR) is 67.4 cm³/mol. The summed E-state index contributed by atoms with van der Waals surface area (Å²) in [6.07, 6.45) is 7.89. The highest BCUT2D eigenvalue weighted by molar-refractivity contribution is 6.33. The molecule has 0 aliphatic rings. The summed E-state index contributed by atoms with van der Waals surface area (Å²) < 4.78 is 2.01. The largest absolute Gasteiger partial charge is 0.369 e. The Balaban J connectivity index is 1.80. The fourth-order valence-corrected chi connectivity index (χ4v) is 1.65. The van der Waals surface area contributed by atoms with Crippen molar-refractivity contribution in [1.82, 2.24) is 19.5 Å². The van der Waals surface area contributed by atoms with Gasteiger partial charge in [-0.25, -0.2) is 9.97 Å². The van der Waals surface area contributed by atoms with E-state index in [1.54, 1.807) is 12.5 Å². The second-order valence-corrected chi connectivity index (χ2v) is 4.16. The molecule has 0 radical (unpaired) electrons. The van der Waals surface area contributed by atoms with Crippen LogP contribution in [0.15, 0.2) is 24.9 Å². The van der Waals surface area contributed by atoms with Crippen molar-refractivity contribution >= 4 is 29.0 Å². The third-order valence-corrected chi connectivity index (χ3v) is 2.62. The first-order chi connectivity index (χ1) is 8.25. The lowest BCUT2D eigenvalue weighted by Crippen LogP contribution is -2.07. The number of anilines is 1. The van der Waals surface area contributed by atoms with E-state index < -0.39 is 0 Å². The van der Waals surface area contributed by atoms with Gasteiger partial charge in [-0.05, 0) is 18.0 Å². The van der Waals surface area contributed by atoms with Crippen LogP contribution in [-0.4, -0.2) is 26.1 Å². The molecule has 0 aliphatic heterocycles. The summed E-state index contributed by atoms with van der Waals surface area (Å²) in [7, 11) is 0. The van der Waals surface area contributed by atoms with Gasteiger partial charge in [0, 0.05) is 25.5 Å². The van der Waals surface area contributed by atoms with E-state index in [2.05, 4.69) is 20.3 Å². The van der Waals surface area contributed by atoms with E-state index in [-0.39, 0.29) is 5.28 Å². The van der Waals surface area contributed by atoms with Gasteiger partial charge in [0.1, 0.15) is 10.8 Å². The molecule has 2 rings (SSSR count). The van der Waals surface area contributed by atoms with Crippen molar-refractivity contribution in [2.45, 2.75) is 13.0 Å². The molecule has 90 valence electrons. The minimum atomic E-state index is 0.187. The summed E-state index contributed by atoms with van der Waals surface area (Å²) in [5.41, 5.74) is 0. The quantitative estimate of drug-likeness (QED) is 0.671. The van der Waals surface area contributed by atoms with Crippen LogP contribution in [-0.2, 0) is 6.54 Å². The Morgan fingerprint density at radius 3 is 3.00 bits per heavy atom. The molecule has 0 saturated carbocycles. The van der Waals surface area contributed by atoms with E-state index in [9.17, 15) is 0 Å². The van der Waals surface area contributed by atoms with E-state index in [1.807, 2.05) is 10.8 Å². The highest BCUT2D eigenvalue weighted by Gasteiger charge is 2.02. The Kier molecular flexibility index (Phi) is 4.17. The molecule has 0 spiro atoms. The van der Waals surface area contributed by atoms with Crippen molar-refractivity contribution in [2.75, 3.05) is 11.9 Å². The van der Waals surface area contributed by atoms with Crippen LogP contribution in [0.1, 0.15) is 6.42 Å². The first-order valence-electron chi connectivity index (χ1n) is 5.13. The van der Waals surface area contributed by atoms with E-state index in [4.69, 9.17) is 23.2 Å². The molecule has 0 saturated heterocycles. The maximum atomic E-state index is 5.91. The minimum Gasteiger partial charge on any atom is -0.369 e. The normalized spacial score (nSPS) is 10.5. The summed E-state index contributed by atoms with van der Waals surface area (Å²) in [4.78, 5) is 11.7. The fraction of sp³-hybridized carbons (Fsp3) is 0.300. The highest BCUT2D eigenvalue weighted by atomic mass is 35.5. The molecular formula is C10H11Cl2N5. The third kappa shape index (κ3) is 3.57. The van der Waals surface area contributed by atoms with Gasteiger partial charge < -0.3 is 9.88 Å². The summed E-state index contributed by atoms with van der Waals surface area (Å²) in [6, 6.07) is 0. The van der Waals surface area contributed by atoms with Crippen LogP contribution in [0, 0.1) is 0 Å². The van der Waals surface area contributed by atoms with Gasteiger partial charge in [-0.2, -0.15) is 4.98 Å². The van der Waals surface area contributed by atoms with Crippen LogP contribution in [0.5, 0.6) is 0 Å². The molecule has 0 bridgehead atoms. The summed E-state index contributed by atoms with van der Waals surface area (Å²) in [5.74, 6) is 0.567. The van der Waals surface area contributed by atoms with Crippen LogP contribution in [0.4, 0.5) is 5.82 Å². The lowest BCUT2D eigenvalue weighted by atomic mass is 10.4. The maximum Gasteiger partial charge on any atom is 0.224 e. The molecule has 0 unspecified atom stereocenters. The average molecular weight is 272 g/mol. The molecule has 2 aromatic rings. The van der Waals surface area contributed by atoms with Crippen molar-refractivity contribution in [2.24, 2.45) is 0 Å². The van der Waals surface area contributed by atoms with E-state index in [0.29, 0.717) is 10.8 Å². The number of rotatable bonds is 5. The summed E-state index contributed by atoms with van der Waals surface area (Å²) >= 11 is 11.6. The molecule has 0 atom stereocenters. The molecule has 0 aromatic carbocycles. The van der Waals surface area contributed by atoms with Crippen LogP contribution in [0.3, 0.4) is 0 Å². The van der Waals surface area contributed by atoms with Crippen molar-refractivity contribution in [1.29, 1.82) is 0 Å². The van der Waals surface area contributed by atoms with Gasteiger partial charge in [-0.1, -0.05) is 11.6 Å². The summed E-state index contributed by atoms with van der Waals surface area (Å²) in [6.45, 7) is 1.65. The van der Waals surface area contributed by atoms with Crippen molar-refractivity contribution < 1.29 is 0 Å². The molecule has 2 heterocycles. The minimum absolute atomic E-state index is 0.187. The van der Waals surface area contributed by atoms with E-state index in [1.165, 1.54) is 6.20 Å². The Labute approximate surface area is 109 Å². The van der Waals surface area contributed by atoms with Gasteiger partial charge in [0.15, 0.2) is 0 Å². The number of halogens is 2. The monoisotopic (exact) mass is 271 g/mol. The van der Waals surface area contributed by atoms with Crippen molar-refractivity contribution in [3.05, 3.63) is 35.2 Å². The second kappa shape index (κ2) is 5.84. The van der Waals surface area contributed by atoms with Crippen LogP contribution in [0.25, 0.3) is 0 Å². The van der Waals surface area contributed by atoms with Crippen LogP contribution < -0.4 is 5.32 Å². The molecule has 1 N–H and O–H groups in total. The fourth-order valence-electron chi connectivity index (χ4n) is 1.36. The number of nitrogens with one attached hydrogen (secondary N) is 1. The smallest absolute Gasteiger partial charge is 0.224 e. The van der Waals surface area contributed by atoms with Gasteiger partial charge >= 0.3 is 0 Å². The van der Waals surface area contributed by atoms with Crippen molar-refractivity contribution in [3.63, 3.8) is 0 Å². The first-order valence-corrected chi connectivity index (χ1v) is 5.89. The Morgan fingerprint density at radius 2 is 2.24 bits per heavy atom. The zero-order valence-electron chi connectivity index (χ0n) is 8.98. The molecule has 17 heavy (non-hydrogen) atoms. The molecule has 7 heteroatoms. The molecular weight excluding hydrogens is 261 g/mol. The number of aryl methyl sites for hydroxylation is 1. The summed E-state index contributed by atoms with van der Waals surface area (Å²) in [5, 5.41) is 3.77.